The van der Waals surface area contributed by atoms with Crippen LogP contribution >= 0.6 is 0 Å². The summed E-state index contributed by atoms with van der Waals surface area (Å²) in [6, 6.07) is 7.89. The third-order valence-electron chi connectivity index (χ3n) is 4.24. The van der Waals surface area contributed by atoms with Crippen LogP contribution in [0.5, 0.6) is 5.75 Å². The van der Waals surface area contributed by atoms with Crippen LogP contribution < -0.4 is 15.4 Å². The Balaban J connectivity index is 1.85. The van der Waals surface area contributed by atoms with Gasteiger partial charge in [0.1, 0.15) is 5.75 Å². The van der Waals surface area contributed by atoms with Crippen molar-refractivity contribution >= 4 is 11.9 Å². The van der Waals surface area contributed by atoms with Gasteiger partial charge in [0, 0.05) is 25.6 Å². The smallest absolute Gasteiger partial charge is 0.317 e. The summed E-state index contributed by atoms with van der Waals surface area (Å²) in [7, 11) is 1.64. The zero-order chi connectivity index (χ0) is 17.5. The van der Waals surface area contributed by atoms with Gasteiger partial charge in [0.05, 0.1) is 13.2 Å². The molecule has 2 N–H and O–H groups in total. The topological polar surface area (TPSA) is 70.7 Å². The first kappa shape index (κ1) is 18.1. The van der Waals surface area contributed by atoms with Crippen molar-refractivity contribution < 1.29 is 14.3 Å². The van der Waals surface area contributed by atoms with E-state index < -0.39 is 0 Å². The maximum Gasteiger partial charge on any atom is 0.317 e. The predicted octanol–water partition coefficient (Wildman–Crippen LogP) is 2.31. The normalized spacial score (nSPS) is 17.0. The Morgan fingerprint density at radius 1 is 1.21 bits per heavy atom. The second kappa shape index (κ2) is 8.57. The molecule has 1 saturated heterocycles. The molecule has 6 nitrogen and oxygen atoms in total. The number of urea groups is 1. The van der Waals surface area contributed by atoms with Crippen molar-refractivity contribution in [1.29, 1.82) is 0 Å². The van der Waals surface area contributed by atoms with Gasteiger partial charge >= 0.3 is 6.03 Å². The summed E-state index contributed by atoms with van der Waals surface area (Å²) in [5, 5.41) is 5.69. The number of amides is 3. The number of carbonyl (C=O) groups excluding carboxylic acids is 2. The molecule has 132 valence electrons. The highest BCUT2D eigenvalue weighted by molar-refractivity contribution is 5.78. The molecule has 1 atom stereocenters. The fourth-order valence-electron chi connectivity index (χ4n) is 2.84. The summed E-state index contributed by atoms with van der Waals surface area (Å²) in [6.45, 7) is 5.32. The lowest BCUT2D eigenvalue weighted by molar-refractivity contribution is -0.123. The Bertz CT molecular complexity index is 557. The van der Waals surface area contributed by atoms with Gasteiger partial charge in [0.25, 0.3) is 0 Å². The van der Waals surface area contributed by atoms with Gasteiger partial charge in [-0.05, 0) is 30.5 Å². The zero-order valence-electron chi connectivity index (χ0n) is 14.7. The molecule has 0 unspecified atom stereocenters. The number of methoxy groups -OCH3 is 1. The van der Waals surface area contributed by atoms with Crippen LogP contribution in [0, 0.1) is 5.92 Å². The van der Waals surface area contributed by atoms with Gasteiger partial charge in [-0.15, -0.1) is 0 Å². The molecule has 1 aromatic rings. The van der Waals surface area contributed by atoms with Gasteiger partial charge in [-0.2, -0.15) is 0 Å². The minimum absolute atomic E-state index is 0.00142. The second-order valence-electron chi connectivity index (χ2n) is 6.30. The highest BCUT2D eigenvalue weighted by Crippen LogP contribution is 2.32. The van der Waals surface area contributed by atoms with Crippen LogP contribution in [-0.4, -0.2) is 43.6 Å². The van der Waals surface area contributed by atoms with Crippen molar-refractivity contribution in [3.63, 3.8) is 0 Å². The minimum atomic E-state index is -0.0767. The monoisotopic (exact) mass is 333 g/mol. The summed E-state index contributed by atoms with van der Waals surface area (Å²) in [5.41, 5.74) is 1.12. The number of benzene rings is 1. The molecule has 6 heteroatoms. The molecule has 0 aliphatic carbocycles. The molecule has 24 heavy (non-hydrogen) atoms. The molecule has 1 heterocycles. The quantitative estimate of drug-likeness (QED) is 0.785. The van der Waals surface area contributed by atoms with E-state index in [9.17, 15) is 9.59 Å². The van der Waals surface area contributed by atoms with E-state index in [0.717, 1.165) is 30.7 Å². The van der Waals surface area contributed by atoms with E-state index in [-0.39, 0.29) is 23.9 Å². The molecule has 0 bridgehead atoms. The van der Waals surface area contributed by atoms with E-state index in [1.54, 1.807) is 7.11 Å². The highest BCUT2D eigenvalue weighted by Gasteiger charge is 2.29. The Kier molecular flexibility index (Phi) is 6.46. The predicted molar refractivity (Wildman–Crippen MR) is 92.9 cm³/mol. The van der Waals surface area contributed by atoms with E-state index in [4.69, 9.17) is 4.74 Å². The van der Waals surface area contributed by atoms with Crippen molar-refractivity contribution in [1.82, 2.24) is 15.5 Å². The summed E-state index contributed by atoms with van der Waals surface area (Å²) in [6.07, 6.45) is 1.96. The minimum Gasteiger partial charge on any atom is -0.497 e. The molecule has 1 aromatic carbocycles. The van der Waals surface area contributed by atoms with Gasteiger partial charge in [-0.3, -0.25) is 4.79 Å². The first-order chi connectivity index (χ1) is 11.5. The fourth-order valence-corrected chi connectivity index (χ4v) is 2.84. The molecular formula is C18H27N3O3. The summed E-state index contributed by atoms with van der Waals surface area (Å²) in [5.74, 6) is 0.772. The van der Waals surface area contributed by atoms with Crippen LogP contribution in [0.2, 0.25) is 0 Å². The van der Waals surface area contributed by atoms with Gasteiger partial charge < -0.3 is 20.3 Å². The number of rotatable bonds is 6. The average molecular weight is 333 g/mol. The van der Waals surface area contributed by atoms with E-state index >= 15 is 0 Å². The van der Waals surface area contributed by atoms with Crippen molar-refractivity contribution in [2.24, 2.45) is 5.92 Å². The molecule has 0 saturated carbocycles. The Labute approximate surface area is 143 Å². The van der Waals surface area contributed by atoms with Crippen LogP contribution in [0.4, 0.5) is 4.79 Å². The first-order valence-corrected chi connectivity index (χ1v) is 8.49. The summed E-state index contributed by atoms with van der Waals surface area (Å²) in [4.78, 5) is 25.8. The van der Waals surface area contributed by atoms with Gasteiger partial charge in [0.2, 0.25) is 5.91 Å². The molecular weight excluding hydrogens is 306 g/mol. The number of carbonyl (C=O) groups is 2. The van der Waals surface area contributed by atoms with E-state index in [1.807, 2.05) is 43.0 Å². The van der Waals surface area contributed by atoms with Crippen LogP contribution in [0.3, 0.4) is 0 Å². The van der Waals surface area contributed by atoms with Crippen LogP contribution in [0.15, 0.2) is 24.3 Å². The zero-order valence-corrected chi connectivity index (χ0v) is 14.7. The second-order valence-corrected chi connectivity index (χ2v) is 6.30. The SMILES string of the molecule is COc1ccc([C@H]2CCCN2C(=O)NCCNC(=O)C(C)C)cc1. The third-order valence-corrected chi connectivity index (χ3v) is 4.24. The van der Waals surface area contributed by atoms with Gasteiger partial charge in [-0.25, -0.2) is 4.79 Å². The Morgan fingerprint density at radius 2 is 1.88 bits per heavy atom. The van der Waals surface area contributed by atoms with Gasteiger partial charge in [-0.1, -0.05) is 26.0 Å². The number of likely N-dealkylation sites (tertiary alicyclic amines) is 1. The Hall–Kier alpha value is -2.24. The summed E-state index contributed by atoms with van der Waals surface area (Å²) >= 11 is 0. The van der Waals surface area contributed by atoms with Crippen LogP contribution in [-0.2, 0) is 4.79 Å². The van der Waals surface area contributed by atoms with Crippen LogP contribution in [0.1, 0.15) is 38.3 Å². The maximum atomic E-state index is 12.4. The van der Waals surface area contributed by atoms with E-state index in [0.29, 0.717) is 13.1 Å². The van der Waals surface area contributed by atoms with E-state index in [1.165, 1.54) is 0 Å². The van der Waals surface area contributed by atoms with Crippen molar-refractivity contribution in [3.05, 3.63) is 29.8 Å². The van der Waals surface area contributed by atoms with E-state index in [2.05, 4.69) is 10.6 Å². The van der Waals surface area contributed by atoms with Crippen LogP contribution in [0.25, 0.3) is 0 Å². The standard InChI is InChI=1S/C18H27N3O3/c1-13(2)17(22)19-10-11-20-18(23)21-12-4-5-16(21)14-6-8-15(24-3)9-7-14/h6-9,13,16H,4-5,10-12H2,1-3H3,(H,19,22)(H,20,23)/t16-/m1/s1. The van der Waals surface area contributed by atoms with Crippen molar-refractivity contribution in [2.75, 3.05) is 26.7 Å². The number of nitrogens with one attached hydrogen (secondary N) is 2. The lowest BCUT2D eigenvalue weighted by Gasteiger charge is -2.25. The lowest BCUT2D eigenvalue weighted by Crippen LogP contribution is -2.43. The largest absolute Gasteiger partial charge is 0.497 e. The molecule has 0 aromatic heterocycles. The van der Waals surface area contributed by atoms with Gasteiger partial charge in [0.15, 0.2) is 0 Å². The molecule has 1 fully saturated rings. The summed E-state index contributed by atoms with van der Waals surface area (Å²) < 4.78 is 5.18. The number of hydrogen-bond acceptors (Lipinski definition) is 3. The number of nitrogens with zero attached hydrogens (tertiary/aromatic N) is 1. The molecule has 1 aliphatic rings. The fraction of sp³-hybridized carbons (Fsp3) is 0.556. The molecule has 2 rings (SSSR count). The molecule has 1 aliphatic heterocycles. The maximum absolute atomic E-state index is 12.4. The molecule has 3 amide bonds. The Morgan fingerprint density at radius 3 is 2.50 bits per heavy atom. The highest BCUT2D eigenvalue weighted by atomic mass is 16.5. The third kappa shape index (κ3) is 4.63. The average Bonchev–Trinajstić information content (AvgIpc) is 3.08. The van der Waals surface area contributed by atoms with Crippen molar-refractivity contribution in [3.8, 4) is 5.75 Å². The first-order valence-electron chi connectivity index (χ1n) is 8.49. The molecule has 0 spiro atoms. The lowest BCUT2D eigenvalue weighted by atomic mass is 10.0. The number of hydrogen-bond donors (Lipinski definition) is 2. The van der Waals surface area contributed by atoms with Crippen molar-refractivity contribution in [2.45, 2.75) is 32.7 Å². The molecule has 0 radical (unpaired) electrons. The number of ether oxygens (including phenoxy) is 1.